The molecule has 3 aromatic carbocycles. The predicted octanol–water partition coefficient (Wildman–Crippen LogP) is 7.01. The summed E-state index contributed by atoms with van der Waals surface area (Å²) in [5, 5.41) is 14.6. The lowest BCUT2D eigenvalue weighted by atomic mass is 9.73. The third kappa shape index (κ3) is 4.19. The highest BCUT2D eigenvalue weighted by Crippen LogP contribution is 2.45. The van der Waals surface area contributed by atoms with Gasteiger partial charge in [0.25, 0.3) is 0 Å². The number of benzene rings is 3. The van der Waals surface area contributed by atoms with Crippen molar-refractivity contribution < 1.29 is 8.81 Å². The standard InChI is InChI=1S/C29H23FN4O/c30-29-24-17-23(14-15-25(24)32-34-29)28(27(21-7-4-8-21)20-5-2-1-3-6-20)22-12-9-19(10-13-22)11-16-26-33-31-18-35-26/h1-3,5-6,9-18,21H,4,7-8H2,(H,32,34)/b16-11+,28-27-. The minimum absolute atomic E-state index is 0.410. The lowest BCUT2D eigenvalue weighted by Crippen LogP contribution is -2.15. The molecule has 5 nitrogen and oxygen atoms in total. The molecular weight excluding hydrogens is 439 g/mol. The summed E-state index contributed by atoms with van der Waals surface area (Å²) in [5.74, 6) is 0.517. The fourth-order valence-electron chi connectivity index (χ4n) is 4.69. The Labute approximate surface area is 202 Å². The van der Waals surface area contributed by atoms with E-state index in [1.54, 1.807) is 6.08 Å². The van der Waals surface area contributed by atoms with Crippen molar-refractivity contribution in [2.75, 3.05) is 0 Å². The lowest BCUT2D eigenvalue weighted by molar-refractivity contribution is 0.401. The molecule has 5 aromatic rings. The van der Waals surface area contributed by atoms with E-state index in [-0.39, 0.29) is 0 Å². The second kappa shape index (κ2) is 9.14. The van der Waals surface area contributed by atoms with Crippen LogP contribution in [0.15, 0.2) is 83.6 Å². The van der Waals surface area contributed by atoms with Gasteiger partial charge in [-0.3, -0.25) is 5.10 Å². The molecule has 2 aromatic heterocycles. The summed E-state index contributed by atoms with van der Waals surface area (Å²) in [6, 6.07) is 24.8. The summed E-state index contributed by atoms with van der Waals surface area (Å²) >= 11 is 0. The number of rotatable bonds is 6. The summed E-state index contributed by atoms with van der Waals surface area (Å²) in [5.41, 5.74) is 7.38. The van der Waals surface area contributed by atoms with Gasteiger partial charge in [-0.15, -0.1) is 10.2 Å². The van der Waals surface area contributed by atoms with E-state index in [1.165, 1.54) is 24.0 Å². The molecule has 35 heavy (non-hydrogen) atoms. The van der Waals surface area contributed by atoms with Crippen LogP contribution >= 0.6 is 0 Å². The maximum absolute atomic E-state index is 14.4. The van der Waals surface area contributed by atoms with Crippen LogP contribution < -0.4 is 0 Å². The van der Waals surface area contributed by atoms with Gasteiger partial charge in [0, 0.05) is 6.08 Å². The topological polar surface area (TPSA) is 67.6 Å². The second-order valence-corrected chi connectivity index (χ2v) is 8.78. The maximum atomic E-state index is 14.4. The molecule has 1 N–H and O–H groups in total. The van der Waals surface area contributed by atoms with E-state index >= 15 is 0 Å². The van der Waals surface area contributed by atoms with Crippen LogP contribution in [0.5, 0.6) is 0 Å². The zero-order valence-corrected chi connectivity index (χ0v) is 19.0. The third-order valence-electron chi connectivity index (χ3n) is 6.66. The molecule has 0 saturated heterocycles. The van der Waals surface area contributed by atoms with Crippen LogP contribution in [-0.4, -0.2) is 20.4 Å². The number of aromatic amines is 1. The van der Waals surface area contributed by atoms with Crippen molar-refractivity contribution >= 4 is 34.2 Å². The number of nitrogens with one attached hydrogen (secondary N) is 1. The minimum atomic E-state index is -0.410. The van der Waals surface area contributed by atoms with Gasteiger partial charge in [-0.2, -0.15) is 9.49 Å². The summed E-state index contributed by atoms with van der Waals surface area (Å²) in [6.45, 7) is 0. The van der Waals surface area contributed by atoms with Crippen molar-refractivity contribution in [2.24, 2.45) is 5.92 Å². The van der Waals surface area contributed by atoms with E-state index in [0.717, 1.165) is 35.1 Å². The van der Waals surface area contributed by atoms with Crippen molar-refractivity contribution in [2.45, 2.75) is 19.3 Å². The summed E-state index contributed by atoms with van der Waals surface area (Å²) < 4.78 is 19.6. The smallest absolute Gasteiger partial charge is 0.240 e. The van der Waals surface area contributed by atoms with Gasteiger partial charge in [-0.25, -0.2) is 0 Å². The van der Waals surface area contributed by atoms with E-state index in [1.807, 2.05) is 30.3 Å². The number of allylic oxidation sites excluding steroid dienone is 1. The Morgan fingerprint density at radius 2 is 1.71 bits per heavy atom. The molecule has 0 radical (unpaired) electrons. The molecule has 172 valence electrons. The van der Waals surface area contributed by atoms with Crippen molar-refractivity contribution in [3.05, 3.63) is 113 Å². The molecule has 1 aliphatic rings. The van der Waals surface area contributed by atoms with Crippen molar-refractivity contribution in [3.63, 3.8) is 0 Å². The van der Waals surface area contributed by atoms with E-state index in [2.05, 4.69) is 68.9 Å². The number of aromatic nitrogens is 4. The highest BCUT2D eigenvalue weighted by atomic mass is 19.1. The van der Waals surface area contributed by atoms with Gasteiger partial charge in [0.05, 0.1) is 10.9 Å². The molecule has 6 heteroatoms. The molecule has 0 atom stereocenters. The molecule has 1 aliphatic carbocycles. The fourth-order valence-corrected chi connectivity index (χ4v) is 4.69. The quantitative estimate of drug-likeness (QED) is 0.276. The molecule has 0 bridgehead atoms. The second-order valence-electron chi connectivity index (χ2n) is 8.78. The van der Waals surface area contributed by atoms with Gasteiger partial charge in [0.2, 0.25) is 18.2 Å². The molecule has 0 amide bonds. The third-order valence-corrected chi connectivity index (χ3v) is 6.66. The Hall–Kier alpha value is -4.32. The lowest BCUT2D eigenvalue weighted by Gasteiger charge is -2.31. The van der Waals surface area contributed by atoms with Crippen molar-refractivity contribution in [1.29, 1.82) is 0 Å². The van der Waals surface area contributed by atoms with Crippen LogP contribution in [0.25, 0.3) is 34.2 Å². The van der Waals surface area contributed by atoms with Crippen LogP contribution in [0.4, 0.5) is 4.39 Å². The first-order valence-electron chi connectivity index (χ1n) is 11.7. The minimum Gasteiger partial charge on any atom is -0.424 e. The Kier molecular flexibility index (Phi) is 5.54. The molecule has 1 fully saturated rings. The molecule has 0 unspecified atom stereocenters. The largest absolute Gasteiger partial charge is 0.424 e. The Morgan fingerprint density at radius 1 is 0.914 bits per heavy atom. The normalized spacial score (nSPS) is 14.9. The van der Waals surface area contributed by atoms with Crippen molar-refractivity contribution in [3.8, 4) is 0 Å². The molecule has 0 aliphatic heterocycles. The number of nitrogens with zero attached hydrogens (tertiary/aromatic N) is 3. The highest BCUT2D eigenvalue weighted by Gasteiger charge is 2.27. The zero-order valence-electron chi connectivity index (χ0n) is 19.0. The predicted molar refractivity (Wildman–Crippen MR) is 135 cm³/mol. The average molecular weight is 463 g/mol. The summed E-state index contributed by atoms with van der Waals surface area (Å²) in [7, 11) is 0. The van der Waals surface area contributed by atoms with Crippen LogP contribution in [0.1, 0.15) is 47.4 Å². The van der Waals surface area contributed by atoms with Crippen LogP contribution in [0.2, 0.25) is 0 Å². The van der Waals surface area contributed by atoms with Crippen LogP contribution in [0.3, 0.4) is 0 Å². The first-order chi connectivity index (χ1) is 17.3. The van der Waals surface area contributed by atoms with E-state index in [9.17, 15) is 4.39 Å². The number of hydrogen-bond donors (Lipinski definition) is 1. The number of fused-ring (bicyclic) bond motifs is 1. The van der Waals surface area contributed by atoms with Gasteiger partial charge in [-0.05, 0) is 70.4 Å². The van der Waals surface area contributed by atoms with Gasteiger partial charge in [-0.1, -0.05) is 67.1 Å². The highest BCUT2D eigenvalue weighted by molar-refractivity contribution is 6.01. The van der Waals surface area contributed by atoms with Gasteiger partial charge in [0.1, 0.15) is 0 Å². The van der Waals surface area contributed by atoms with E-state index < -0.39 is 5.95 Å². The zero-order chi connectivity index (χ0) is 23.6. The monoisotopic (exact) mass is 462 g/mol. The van der Waals surface area contributed by atoms with Crippen LogP contribution in [-0.2, 0) is 0 Å². The van der Waals surface area contributed by atoms with Crippen LogP contribution in [0, 0.1) is 11.9 Å². The molecule has 2 heterocycles. The summed E-state index contributed by atoms with van der Waals surface area (Å²) in [6.07, 6.45) is 8.58. The van der Waals surface area contributed by atoms with Gasteiger partial charge >= 0.3 is 0 Å². The Balaban J connectivity index is 1.51. The maximum Gasteiger partial charge on any atom is 0.240 e. The molecule has 0 spiro atoms. The molecular formula is C29H23FN4O. The average Bonchev–Trinajstić information content (AvgIpc) is 3.52. The Morgan fingerprint density at radius 3 is 2.43 bits per heavy atom. The first-order valence-corrected chi connectivity index (χ1v) is 11.7. The first kappa shape index (κ1) is 21.2. The van der Waals surface area contributed by atoms with E-state index in [4.69, 9.17) is 4.42 Å². The SMILES string of the molecule is Fc1[nH]nc2ccc(/C(=C(/c3ccccc3)C3CCC3)c3ccc(/C=C/c4nnco4)cc3)cc12. The number of hydrogen-bond acceptors (Lipinski definition) is 4. The van der Waals surface area contributed by atoms with Gasteiger partial charge in [0.15, 0.2) is 0 Å². The molecule has 6 rings (SSSR count). The van der Waals surface area contributed by atoms with Gasteiger partial charge < -0.3 is 4.42 Å². The number of halogens is 1. The molecule has 1 saturated carbocycles. The van der Waals surface area contributed by atoms with Crippen molar-refractivity contribution in [1.82, 2.24) is 20.4 Å². The van der Waals surface area contributed by atoms with E-state index in [0.29, 0.717) is 22.7 Å². The fraction of sp³-hybridized carbons (Fsp3) is 0.138. The number of H-pyrrole nitrogens is 1. The Bertz CT molecular complexity index is 1510. The summed E-state index contributed by atoms with van der Waals surface area (Å²) in [4.78, 5) is 0.